The maximum Gasteiger partial charge on any atom is 0.409 e. The fraction of sp³-hybridized carbons (Fsp3) is 0.875. The molecule has 0 radical (unpaired) electrons. The Balaban J connectivity index is 1.66. The summed E-state index contributed by atoms with van der Waals surface area (Å²) in [6.07, 6.45) is 3.79. The van der Waals surface area contributed by atoms with Crippen LogP contribution >= 0.6 is 0 Å². The number of rotatable bonds is 5. The lowest BCUT2D eigenvalue weighted by molar-refractivity contribution is 0.108. The lowest BCUT2D eigenvalue weighted by atomic mass is 10.1. The highest BCUT2D eigenvalue weighted by molar-refractivity contribution is 5.74. The monoisotopic (exact) mass is 326 g/mol. The first-order chi connectivity index (χ1) is 11.1. The van der Waals surface area contributed by atoms with Gasteiger partial charge in [0.25, 0.3) is 0 Å². The van der Waals surface area contributed by atoms with Crippen LogP contribution in [-0.4, -0.2) is 74.3 Å². The number of piperidine rings is 1. The second-order valence-corrected chi connectivity index (χ2v) is 6.56. The van der Waals surface area contributed by atoms with E-state index in [1.54, 1.807) is 4.90 Å². The minimum Gasteiger partial charge on any atom is -0.453 e. The molecule has 7 heteroatoms. The molecule has 0 spiro atoms. The van der Waals surface area contributed by atoms with Crippen molar-refractivity contribution in [2.75, 3.05) is 46.4 Å². The SMILES string of the molecule is CCCN1CCC(CNC(=O)NC2CCCN(C(=O)OC)C2)C1. The fourth-order valence-electron chi connectivity index (χ4n) is 3.46. The molecule has 2 fully saturated rings. The summed E-state index contributed by atoms with van der Waals surface area (Å²) < 4.78 is 4.74. The van der Waals surface area contributed by atoms with Crippen LogP contribution in [0.3, 0.4) is 0 Å². The summed E-state index contributed by atoms with van der Waals surface area (Å²) in [5, 5.41) is 5.96. The van der Waals surface area contributed by atoms with Gasteiger partial charge in [-0.25, -0.2) is 9.59 Å². The van der Waals surface area contributed by atoms with Gasteiger partial charge in [-0.3, -0.25) is 0 Å². The molecule has 0 aromatic rings. The fourth-order valence-corrected chi connectivity index (χ4v) is 3.46. The van der Waals surface area contributed by atoms with Crippen molar-refractivity contribution in [3.8, 4) is 0 Å². The van der Waals surface area contributed by atoms with Gasteiger partial charge in [0.1, 0.15) is 0 Å². The van der Waals surface area contributed by atoms with Crippen molar-refractivity contribution >= 4 is 12.1 Å². The number of likely N-dealkylation sites (tertiary alicyclic amines) is 2. The molecule has 0 aromatic heterocycles. The molecule has 2 heterocycles. The molecular weight excluding hydrogens is 296 g/mol. The number of ether oxygens (including phenoxy) is 1. The van der Waals surface area contributed by atoms with Gasteiger partial charge in [0.2, 0.25) is 0 Å². The highest BCUT2D eigenvalue weighted by Gasteiger charge is 2.26. The Labute approximate surface area is 138 Å². The summed E-state index contributed by atoms with van der Waals surface area (Å²) >= 11 is 0. The van der Waals surface area contributed by atoms with Gasteiger partial charge in [0.05, 0.1) is 7.11 Å². The first-order valence-electron chi connectivity index (χ1n) is 8.72. The molecule has 0 aliphatic carbocycles. The molecule has 3 amide bonds. The van der Waals surface area contributed by atoms with Crippen LogP contribution < -0.4 is 10.6 Å². The van der Waals surface area contributed by atoms with E-state index in [-0.39, 0.29) is 18.2 Å². The molecule has 0 saturated carbocycles. The summed E-state index contributed by atoms with van der Waals surface area (Å²) in [6, 6.07) is -0.126. The Kier molecular flexibility index (Phi) is 6.95. The third-order valence-electron chi connectivity index (χ3n) is 4.65. The minimum atomic E-state index is -0.320. The zero-order valence-corrected chi connectivity index (χ0v) is 14.3. The first-order valence-corrected chi connectivity index (χ1v) is 8.72. The number of carbonyl (C=O) groups is 2. The van der Waals surface area contributed by atoms with Crippen molar-refractivity contribution in [1.82, 2.24) is 20.4 Å². The highest BCUT2D eigenvalue weighted by Crippen LogP contribution is 2.15. The number of carbonyl (C=O) groups excluding carboxylic acids is 2. The van der Waals surface area contributed by atoms with Gasteiger partial charge in [-0.15, -0.1) is 0 Å². The average molecular weight is 326 g/mol. The predicted molar refractivity (Wildman–Crippen MR) is 88.4 cm³/mol. The van der Waals surface area contributed by atoms with E-state index in [0.29, 0.717) is 19.0 Å². The third kappa shape index (κ3) is 5.57. The molecule has 7 nitrogen and oxygen atoms in total. The average Bonchev–Trinajstić information content (AvgIpc) is 3.00. The van der Waals surface area contributed by atoms with Gasteiger partial charge in [-0.1, -0.05) is 6.92 Å². The number of urea groups is 1. The molecule has 23 heavy (non-hydrogen) atoms. The largest absolute Gasteiger partial charge is 0.453 e. The second-order valence-electron chi connectivity index (χ2n) is 6.56. The molecule has 2 aliphatic heterocycles. The second kappa shape index (κ2) is 8.96. The Morgan fingerprint density at radius 1 is 1.22 bits per heavy atom. The molecule has 2 aliphatic rings. The highest BCUT2D eigenvalue weighted by atomic mass is 16.5. The number of hydrogen-bond donors (Lipinski definition) is 2. The van der Waals surface area contributed by atoms with Gasteiger partial charge in [0, 0.05) is 32.2 Å². The zero-order valence-electron chi connectivity index (χ0n) is 14.3. The molecule has 0 aromatic carbocycles. The van der Waals surface area contributed by atoms with Crippen molar-refractivity contribution in [3.63, 3.8) is 0 Å². The number of nitrogens with zero attached hydrogens (tertiary/aromatic N) is 2. The maximum absolute atomic E-state index is 12.1. The third-order valence-corrected chi connectivity index (χ3v) is 4.65. The lowest BCUT2D eigenvalue weighted by Crippen LogP contribution is -2.52. The van der Waals surface area contributed by atoms with Crippen LogP contribution in [0.15, 0.2) is 0 Å². The molecule has 2 saturated heterocycles. The number of methoxy groups -OCH3 is 1. The predicted octanol–water partition coefficient (Wildman–Crippen LogP) is 1.25. The van der Waals surface area contributed by atoms with Crippen LogP contribution in [-0.2, 0) is 4.74 Å². The van der Waals surface area contributed by atoms with Gasteiger partial charge in [-0.05, 0) is 44.7 Å². The van der Waals surface area contributed by atoms with Crippen LogP contribution in [0.5, 0.6) is 0 Å². The Bertz CT molecular complexity index is 405. The Hall–Kier alpha value is -1.50. The van der Waals surface area contributed by atoms with Crippen molar-refractivity contribution in [1.29, 1.82) is 0 Å². The van der Waals surface area contributed by atoms with E-state index in [1.807, 2.05) is 0 Å². The lowest BCUT2D eigenvalue weighted by Gasteiger charge is -2.32. The van der Waals surface area contributed by atoms with E-state index >= 15 is 0 Å². The smallest absolute Gasteiger partial charge is 0.409 e. The van der Waals surface area contributed by atoms with E-state index < -0.39 is 0 Å². The maximum atomic E-state index is 12.1. The number of hydrogen-bond acceptors (Lipinski definition) is 4. The molecule has 2 atom stereocenters. The van der Waals surface area contributed by atoms with E-state index in [2.05, 4.69) is 22.5 Å². The first kappa shape index (κ1) is 17.8. The zero-order chi connectivity index (χ0) is 16.7. The molecule has 0 bridgehead atoms. The molecule has 2 N–H and O–H groups in total. The molecular formula is C16H30N4O3. The Morgan fingerprint density at radius 3 is 2.78 bits per heavy atom. The van der Waals surface area contributed by atoms with E-state index in [0.717, 1.165) is 45.4 Å². The van der Waals surface area contributed by atoms with E-state index in [4.69, 9.17) is 4.74 Å². The summed E-state index contributed by atoms with van der Waals surface area (Å²) in [7, 11) is 1.38. The van der Waals surface area contributed by atoms with Crippen LogP contribution in [0.1, 0.15) is 32.6 Å². The number of amides is 3. The minimum absolute atomic E-state index is 0.00279. The number of nitrogens with one attached hydrogen (secondary N) is 2. The summed E-state index contributed by atoms with van der Waals surface area (Å²) in [5.74, 6) is 0.547. The van der Waals surface area contributed by atoms with Crippen LogP contribution in [0.2, 0.25) is 0 Å². The van der Waals surface area contributed by atoms with Crippen LogP contribution in [0.4, 0.5) is 9.59 Å². The standard InChI is InChI=1S/C16H30N4O3/c1-3-7-19-9-6-13(11-19)10-17-15(21)18-14-5-4-8-20(12-14)16(22)23-2/h13-14H,3-12H2,1-2H3,(H2,17,18,21). The topological polar surface area (TPSA) is 73.9 Å². The van der Waals surface area contributed by atoms with Crippen LogP contribution in [0, 0.1) is 5.92 Å². The van der Waals surface area contributed by atoms with Gasteiger partial charge in [0.15, 0.2) is 0 Å². The van der Waals surface area contributed by atoms with Crippen molar-refractivity contribution in [3.05, 3.63) is 0 Å². The van der Waals surface area contributed by atoms with Gasteiger partial charge < -0.3 is 25.2 Å². The van der Waals surface area contributed by atoms with E-state index in [9.17, 15) is 9.59 Å². The molecule has 2 unspecified atom stereocenters. The normalized spacial score (nSPS) is 25.2. The van der Waals surface area contributed by atoms with Crippen molar-refractivity contribution in [2.24, 2.45) is 5.92 Å². The summed E-state index contributed by atoms with van der Waals surface area (Å²) in [6.45, 7) is 7.50. The van der Waals surface area contributed by atoms with Crippen molar-refractivity contribution in [2.45, 2.75) is 38.6 Å². The molecule has 132 valence electrons. The van der Waals surface area contributed by atoms with Gasteiger partial charge >= 0.3 is 12.1 Å². The molecule has 2 rings (SSSR count). The van der Waals surface area contributed by atoms with Crippen LogP contribution in [0.25, 0.3) is 0 Å². The summed E-state index contributed by atoms with van der Waals surface area (Å²) in [4.78, 5) is 27.7. The van der Waals surface area contributed by atoms with Gasteiger partial charge in [-0.2, -0.15) is 0 Å². The van der Waals surface area contributed by atoms with Crippen molar-refractivity contribution < 1.29 is 14.3 Å². The summed E-state index contributed by atoms with van der Waals surface area (Å²) in [5.41, 5.74) is 0. The quantitative estimate of drug-likeness (QED) is 0.797. The van der Waals surface area contributed by atoms with E-state index in [1.165, 1.54) is 13.5 Å². The Morgan fingerprint density at radius 2 is 2.04 bits per heavy atom.